The largest absolute Gasteiger partial charge is 0.393 e. The van der Waals surface area contributed by atoms with Crippen LogP contribution >= 0.6 is 0 Å². The molecule has 4 aliphatic carbocycles. The Hall–Kier alpha value is -0.900. The summed E-state index contributed by atoms with van der Waals surface area (Å²) in [5, 5.41) is 87.6. The highest BCUT2D eigenvalue weighted by Gasteiger charge is 2.70. The molecular weight excluding hydrogens is 796 g/mol. The maximum absolute atomic E-state index is 11.7. The van der Waals surface area contributed by atoms with E-state index >= 15 is 0 Å². The molecule has 16 heteroatoms. The predicted octanol–water partition coefficient (Wildman–Crippen LogP) is 1.24. The fraction of sp³-hybridized carbons (Fsp3) is 0.956. The molecule has 5 heterocycles. The predicted molar refractivity (Wildman–Crippen MR) is 213 cm³/mol. The summed E-state index contributed by atoms with van der Waals surface area (Å²) in [4.78, 5) is 0. The van der Waals surface area contributed by atoms with Crippen molar-refractivity contribution in [2.45, 2.75) is 216 Å². The van der Waals surface area contributed by atoms with E-state index in [4.69, 9.17) is 37.9 Å². The maximum Gasteiger partial charge on any atom is 0.187 e. The van der Waals surface area contributed by atoms with E-state index in [1.54, 1.807) is 6.92 Å². The van der Waals surface area contributed by atoms with Gasteiger partial charge in [0.15, 0.2) is 24.7 Å². The molecule has 61 heavy (non-hydrogen) atoms. The minimum absolute atomic E-state index is 0.0674. The van der Waals surface area contributed by atoms with Crippen molar-refractivity contribution < 1.29 is 78.7 Å². The van der Waals surface area contributed by atoms with Gasteiger partial charge in [-0.3, -0.25) is 0 Å². The second kappa shape index (κ2) is 16.5. The standard InChI is InChI=1S/C45H72O16/c1-18-10-13-45(54-17-18)19(2)30-28(61-45)16-27-25-9-8-23-14-24(46)15-29(44(23,7)26(25)11-12-43(27,30)6)58-42-39(60-41-37(53)35(51)32(48)21(4)56-41)38(33(49)22(5)57-42)59-40-36(52)34(50)31(47)20(3)55-40/h8,18-22,24-42,46-53H,9-17H2,1-7H3/t18?,19?,20-,21+,22-,24-,25?,26?,27?,28?,29-,30?,31-,32+,33+,34+,35-,36-,37-,38+,39-,40+,41+,42+,43?,44?,45?/m1/s1. The fourth-order valence-electron chi connectivity index (χ4n) is 14.0. The van der Waals surface area contributed by atoms with Crippen LogP contribution in [0.25, 0.3) is 0 Å². The molecule has 3 saturated carbocycles. The first-order valence-electron chi connectivity index (χ1n) is 23.2. The van der Waals surface area contributed by atoms with E-state index in [0.29, 0.717) is 30.1 Å². The van der Waals surface area contributed by atoms with Crippen LogP contribution in [0.2, 0.25) is 0 Å². The third-order valence-electron chi connectivity index (χ3n) is 17.7. The molecule has 0 amide bonds. The van der Waals surface area contributed by atoms with Gasteiger partial charge in [-0.1, -0.05) is 39.3 Å². The number of aliphatic hydroxyl groups excluding tert-OH is 8. The summed E-state index contributed by atoms with van der Waals surface area (Å²) in [5.74, 6) is 1.66. The van der Waals surface area contributed by atoms with Crippen molar-refractivity contribution in [1.29, 1.82) is 0 Å². The van der Waals surface area contributed by atoms with Crippen LogP contribution in [0.5, 0.6) is 0 Å². The summed E-state index contributed by atoms with van der Waals surface area (Å²) >= 11 is 0. The van der Waals surface area contributed by atoms with Crippen LogP contribution in [-0.4, -0.2) is 164 Å². The molecule has 348 valence electrons. The Kier molecular flexibility index (Phi) is 12.2. The Morgan fingerprint density at radius 2 is 1.25 bits per heavy atom. The van der Waals surface area contributed by atoms with Gasteiger partial charge in [-0.2, -0.15) is 0 Å². The highest BCUT2D eigenvalue weighted by molar-refractivity contribution is 5.29. The highest BCUT2D eigenvalue weighted by Crippen LogP contribution is 2.71. The van der Waals surface area contributed by atoms with E-state index < -0.39 is 116 Å². The molecule has 9 aliphatic rings. The Morgan fingerprint density at radius 1 is 0.639 bits per heavy atom. The van der Waals surface area contributed by atoms with Gasteiger partial charge >= 0.3 is 0 Å². The molecule has 5 aliphatic heterocycles. The van der Waals surface area contributed by atoms with Crippen molar-refractivity contribution in [2.75, 3.05) is 6.61 Å². The summed E-state index contributed by atoms with van der Waals surface area (Å²) < 4.78 is 51.5. The van der Waals surface area contributed by atoms with Gasteiger partial charge in [-0.15, -0.1) is 0 Å². The molecule has 1 spiro atoms. The lowest BCUT2D eigenvalue weighted by atomic mass is 9.46. The molecule has 16 nitrogen and oxygen atoms in total. The molecule has 8 N–H and O–H groups in total. The normalized spacial score (nSPS) is 59.6. The van der Waals surface area contributed by atoms with Crippen molar-refractivity contribution >= 4 is 0 Å². The van der Waals surface area contributed by atoms with E-state index in [1.165, 1.54) is 13.8 Å². The third kappa shape index (κ3) is 7.24. The lowest BCUT2D eigenvalue weighted by Gasteiger charge is -2.60. The molecular formula is C45H72O16. The highest BCUT2D eigenvalue weighted by atomic mass is 16.8. The molecule has 0 aromatic rings. The van der Waals surface area contributed by atoms with E-state index in [1.807, 2.05) is 0 Å². The number of aliphatic hydroxyl groups is 8. The quantitative estimate of drug-likeness (QED) is 0.176. The lowest BCUT2D eigenvalue weighted by molar-refractivity contribution is -0.394. The molecule has 8 fully saturated rings. The number of allylic oxidation sites excluding steroid dienone is 1. The molecule has 5 saturated heterocycles. The maximum atomic E-state index is 11.7. The van der Waals surface area contributed by atoms with Gasteiger partial charge < -0.3 is 78.7 Å². The summed E-state index contributed by atoms with van der Waals surface area (Å²) in [6, 6.07) is 0. The number of rotatable bonds is 6. The van der Waals surface area contributed by atoms with Crippen molar-refractivity contribution in [3.63, 3.8) is 0 Å². The van der Waals surface area contributed by atoms with Crippen LogP contribution in [0, 0.1) is 46.3 Å². The Bertz CT molecular complexity index is 1610. The molecule has 0 aromatic carbocycles. The Labute approximate surface area is 358 Å². The number of hydrogen-bond donors (Lipinski definition) is 8. The van der Waals surface area contributed by atoms with E-state index in [2.05, 4.69) is 33.8 Å². The van der Waals surface area contributed by atoms with Crippen LogP contribution in [0.4, 0.5) is 0 Å². The SMILES string of the molecule is CC1CCC2(OC1)OC1CC3C4CC=C5C[C@@H](O)C[C@@H](O[C@@H]6O[C@H](C)[C@H](O)[C@H](O[C@@H]7O[C@H](C)[C@@H](O)[C@H](O)[C@H]7O)[C@H]6O[C@@H]6O[C@@H](C)[C@H](O)[C@@H](O)[C@H]6O)C5(C)C4CCC3(C)C1C2C. The van der Waals surface area contributed by atoms with Gasteiger partial charge in [0.2, 0.25) is 0 Å². The first-order chi connectivity index (χ1) is 28.8. The van der Waals surface area contributed by atoms with Gasteiger partial charge in [0.25, 0.3) is 0 Å². The van der Waals surface area contributed by atoms with Crippen LogP contribution in [0.3, 0.4) is 0 Å². The van der Waals surface area contributed by atoms with Gasteiger partial charge in [0.1, 0.15) is 54.9 Å². The van der Waals surface area contributed by atoms with Gasteiger partial charge in [-0.05, 0) is 94.3 Å². The molecule has 10 unspecified atom stereocenters. The average molecular weight is 869 g/mol. The summed E-state index contributed by atoms with van der Waals surface area (Å²) in [6.45, 7) is 14.7. The van der Waals surface area contributed by atoms with E-state index in [-0.39, 0.29) is 29.8 Å². The van der Waals surface area contributed by atoms with Crippen molar-refractivity contribution in [3.8, 4) is 0 Å². The monoisotopic (exact) mass is 868 g/mol. The number of hydrogen-bond acceptors (Lipinski definition) is 16. The smallest absolute Gasteiger partial charge is 0.187 e. The third-order valence-corrected chi connectivity index (χ3v) is 17.7. The van der Waals surface area contributed by atoms with Crippen molar-refractivity contribution in [2.24, 2.45) is 46.3 Å². The molecule has 0 bridgehead atoms. The number of fused-ring (bicyclic) bond motifs is 7. The van der Waals surface area contributed by atoms with E-state index in [9.17, 15) is 40.9 Å². The van der Waals surface area contributed by atoms with Gasteiger partial charge in [0, 0.05) is 24.2 Å². The zero-order chi connectivity index (χ0) is 43.7. The van der Waals surface area contributed by atoms with Crippen LogP contribution in [0.1, 0.15) is 99.8 Å². The molecule has 9 rings (SSSR count). The lowest BCUT2D eigenvalue weighted by Crippen LogP contribution is -2.67. The molecule has 27 atom stereocenters. The topological polar surface area (TPSA) is 236 Å². The van der Waals surface area contributed by atoms with Crippen LogP contribution in [0.15, 0.2) is 11.6 Å². The summed E-state index contributed by atoms with van der Waals surface area (Å²) in [6.07, 6.45) is -13.1. The molecule has 0 radical (unpaired) electrons. The summed E-state index contributed by atoms with van der Waals surface area (Å²) in [7, 11) is 0. The van der Waals surface area contributed by atoms with E-state index in [0.717, 1.165) is 50.7 Å². The number of ether oxygens (including phenoxy) is 8. The minimum Gasteiger partial charge on any atom is -0.393 e. The van der Waals surface area contributed by atoms with Gasteiger partial charge in [-0.25, -0.2) is 0 Å². The Balaban J connectivity index is 1.01. The Morgan fingerprint density at radius 3 is 1.87 bits per heavy atom. The van der Waals surface area contributed by atoms with Crippen molar-refractivity contribution in [3.05, 3.63) is 11.6 Å². The first kappa shape index (κ1) is 45.3. The average Bonchev–Trinajstić information content (AvgIpc) is 3.67. The van der Waals surface area contributed by atoms with Crippen LogP contribution < -0.4 is 0 Å². The van der Waals surface area contributed by atoms with Gasteiger partial charge in [0.05, 0.1) is 43.2 Å². The fourth-order valence-corrected chi connectivity index (χ4v) is 14.0. The molecule has 0 aromatic heterocycles. The van der Waals surface area contributed by atoms with Crippen molar-refractivity contribution in [1.82, 2.24) is 0 Å². The minimum atomic E-state index is -1.72. The zero-order valence-electron chi connectivity index (χ0n) is 36.6. The second-order valence-electron chi connectivity index (χ2n) is 21.1. The van der Waals surface area contributed by atoms with Crippen LogP contribution in [-0.2, 0) is 37.9 Å². The zero-order valence-corrected chi connectivity index (χ0v) is 36.6. The first-order valence-corrected chi connectivity index (χ1v) is 23.2. The summed E-state index contributed by atoms with van der Waals surface area (Å²) in [5.41, 5.74) is 0.673. The second-order valence-corrected chi connectivity index (χ2v) is 21.1.